The van der Waals surface area contributed by atoms with Gasteiger partial charge in [0.05, 0.1) is 6.04 Å². The second kappa shape index (κ2) is 16.5. The van der Waals surface area contributed by atoms with E-state index < -0.39 is 42.0 Å². The Morgan fingerprint density at radius 2 is 1.69 bits per heavy atom. The number of amides is 3. The molecule has 1 rings (SSSR count). The number of carbonyl (C=O) groups excluding carboxylic acids is 3. The molecule has 1 heterocycles. The topological polar surface area (TPSA) is 206 Å². The van der Waals surface area contributed by atoms with E-state index in [0.29, 0.717) is 56.7 Å². The van der Waals surface area contributed by atoms with Gasteiger partial charge in [-0.15, -0.1) is 0 Å². The predicted molar refractivity (Wildman–Crippen MR) is 140 cm³/mol. The minimum atomic E-state index is -1.12. The quantitative estimate of drug-likeness (QED) is 0.0803. The summed E-state index contributed by atoms with van der Waals surface area (Å²) in [6.45, 7) is 0.754. The molecule has 1 fully saturated rings. The van der Waals surface area contributed by atoms with Gasteiger partial charge >= 0.3 is 5.97 Å². The van der Waals surface area contributed by atoms with E-state index in [9.17, 15) is 24.3 Å². The van der Waals surface area contributed by atoms with E-state index in [0.717, 1.165) is 0 Å². The number of thioether (sulfide) groups is 2. The molecule has 0 radical (unpaired) electrons. The Morgan fingerprint density at radius 1 is 1.06 bits per heavy atom. The van der Waals surface area contributed by atoms with Gasteiger partial charge in [0, 0.05) is 13.1 Å². The molecule has 4 atom stereocenters. The van der Waals surface area contributed by atoms with E-state index in [4.69, 9.17) is 17.2 Å². The van der Waals surface area contributed by atoms with Crippen molar-refractivity contribution in [2.75, 3.05) is 37.1 Å². The maximum absolute atomic E-state index is 13.1. The largest absolute Gasteiger partial charge is 0.480 e. The zero-order chi connectivity index (χ0) is 26.4. The zero-order valence-electron chi connectivity index (χ0n) is 20.4. The third kappa shape index (κ3) is 10.9. The van der Waals surface area contributed by atoms with Gasteiger partial charge in [-0.3, -0.25) is 19.4 Å². The molecule has 1 saturated heterocycles. The molecule has 0 bridgehead atoms. The van der Waals surface area contributed by atoms with Crippen LogP contribution in [0.2, 0.25) is 0 Å². The number of carbonyl (C=O) groups is 4. The first kappa shape index (κ1) is 30.8. The van der Waals surface area contributed by atoms with Gasteiger partial charge in [-0.2, -0.15) is 23.5 Å². The van der Waals surface area contributed by atoms with Gasteiger partial charge in [-0.25, -0.2) is 4.79 Å². The van der Waals surface area contributed by atoms with E-state index in [1.807, 2.05) is 12.5 Å². The fourth-order valence-electron chi connectivity index (χ4n) is 3.70. The third-order valence-electron chi connectivity index (χ3n) is 5.59. The predicted octanol–water partition coefficient (Wildman–Crippen LogP) is -1.08. The van der Waals surface area contributed by atoms with Crippen LogP contribution in [-0.4, -0.2) is 101 Å². The number of nitrogens with two attached hydrogens (primary N) is 3. The van der Waals surface area contributed by atoms with E-state index in [-0.39, 0.29) is 18.3 Å². The molecule has 0 aromatic heterocycles. The molecular weight excluding hydrogens is 494 g/mol. The van der Waals surface area contributed by atoms with Gasteiger partial charge in [0.15, 0.2) is 5.96 Å². The molecule has 12 nitrogen and oxygen atoms in total. The van der Waals surface area contributed by atoms with E-state index in [1.165, 1.54) is 28.4 Å². The number of likely N-dealkylation sites (tertiary alicyclic amines) is 1. The molecule has 0 aromatic rings. The number of rotatable bonds is 16. The summed E-state index contributed by atoms with van der Waals surface area (Å²) in [5.74, 6) is -1.31. The molecule has 3 amide bonds. The Balaban J connectivity index is 2.80. The van der Waals surface area contributed by atoms with Gasteiger partial charge in [-0.1, -0.05) is 0 Å². The van der Waals surface area contributed by atoms with Gasteiger partial charge in [0.25, 0.3) is 0 Å². The Bertz CT molecular complexity index is 752. The average Bonchev–Trinajstić information content (AvgIpc) is 3.30. The minimum Gasteiger partial charge on any atom is -0.480 e. The highest BCUT2D eigenvalue weighted by molar-refractivity contribution is 7.98. The molecule has 200 valence electrons. The molecule has 0 aromatic carbocycles. The number of aliphatic carboxylic acids is 1. The lowest BCUT2D eigenvalue weighted by Crippen LogP contribution is -2.56. The first-order chi connectivity index (χ1) is 16.6. The number of carboxylic acid groups (broad SMARTS) is 1. The fourth-order valence-corrected chi connectivity index (χ4v) is 4.64. The first-order valence-electron chi connectivity index (χ1n) is 11.5. The second-order valence-corrected chi connectivity index (χ2v) is 10.2. The summed E-state index contributed by atoms with van der Waals surface area (Å²) in [5, 5.41) is 14.7. The van der Waals surface area contributed by atoms with Gasteiger partial charge < -0.3 is 37.8 Å². The molecule has 14 heteroatoms. The van der Waals surface area contributed by atoms with Crippen molar-refractivity contribution < 1.29 is 24.3 Å². The molecule has 35 heavy (non-hydrogen) atoms. The lowest BCUT2D eigenvalue weighted by molar-refractivity contribution is -0.143. The lowest BCUT2D eigenvalue weighted by Gasteiger charge is -2.28. The Morgan fingerprint density at radius 3 is 2.26 bits per heavy atom. The van der Waals surface area contributed by atoms with Crippen LogP contribution >= 0.6 is 23.5 Å². The van der Waals surface area contributed by atoms with Crippen molar-refractivity contribution in [3.63, 3.8) is 0 Å². The number of guanidine groups is 1. The number of carboxylic acids is 1. The van der Waals surface area contributed by atoms with Crippen molar-refractivity contribution >= 4 is 53.2 Å². The van der Waals surface area contributed by atoms with Crippen molar-refractivity contribution in [2.24, 2.45) is 22.2 Å². The smallest absolute Gasteiger partial charge is 0.326 e. The number of hydrogen-bond acceptors (Lipinski definition) is 8. The summed E-state index contributed by atoms with van der Waals surface area (Å²) in [6, 6.07) is -3.47. The highest BCUT2D eigenvalue weighted by Gasteiger charge is 2.37. The van der Waals surface area contributed by atoms with Crippen LogP contribution in [0.5, 0.6) is 0 Å². The first-order valence-corrected chi connectivity index (χ1v) is 14.3. The van der Waals surface area contributed by atoms with Crippen LogP contribution in [0.1, 0.15) is 38.5 Å². The number of nitrogens with zero attached hydrogens (tertiary/aromatic N) is 2. The maximum Gasteiger partial charge on any atom is 0.326 e. The number of nitrogens with one attached hydrogen (secondary N) is 2. The Kier molecular flexibility index (Phi) is 14.5. The SMILES string of the molecule is CSCCC(NC(=O)C(CCSC)NC(=O)C1CCCN1C(=O)C(N)CCCN=C(N)N)C(=O)O. The molecule has 1 aliphatic heterocycles. The van der Waals surface area contributed by atoms with Crippen molar-refractivity contribution in [3.05, 3.63) is 0 Å². The van der Waals surface area contributed by atoms with E-state index in [2.05, 4.69) is 15.6 Å². The molecule has 4 unspecified atom stereocenters. The number of aliphatic imine (C=N–C) groups is 1. The van der Waals surface area contributed by atoms with Crippen molar-refractivity contribution in [2.45, 2.75) is 62.7 Å². The van der Waals surface area contributed by atoms with Crippen LogP contribution in [0.15, 0.2) is 4.99 Å². The minimum absolute atomic E-state index is 0.0276. The highest BCUT2D eigenvalue weighted by Crippen LogP contribution is 2.20. The summed E-state index contributed by atoms with van der Waals surface area (Å²) in [4.78, 5) is 55.7. The van der Waals surface area contributed by atoms with Crippen molar-refractivity contribution in [1.82, 2.24) is 15.5 Å². The second-order valence-electron chi connectivity index (χ2n) is 8.27. The van der Waals surface area contributed by atoms with Crippen molar-refractivity contribution in [3.8, 4) is 0 Å². The molecule has 0 spiro atoms. The molecule has 1 aliphatic rings. The summed E-state index contributed by atoms with van der Waals surface area (Å²) in [5.41, 5.74) is 16.6. The van der Waals surface area contributed by atoms with Crippen LogP contribution < -0.4 is 27.8 Å². The highest BCUT2D eigenvalue weighted by atomic mass is 32.2. The monoisotopic (exact) mass is 533 g/mol. The van der Waals surface area contributed by atoms with Crippen LogP contribution in [-0.2, 0) is 19.2 Å². The average molecular weight is 534 g/mol. The van der Waals surface area contributed by atoms with E-state index >= 15 is 0 Å². The van der Waals surface area contributed by atoms with Crippen LogP contribution in [0, 0.1) is 0 Å². The summed E-state index contributed by atoms with van der Waals surface area (Å²) < 4.78 is 0. The van der Waals surface area contributed by atoms with Crippen LogP contribution in [0.3, 0.4) is 0 Å². The van der Waals surface area contributed by atoms with Gasteiger partial charge in [0.1, 0.15) is 18.1 Å². The summed E-state index contributed by atoms with van der Waals surface area (Å²) in [7, 11) is 0. The molecular formula is C21H39N7O5S2. The normalized spacial score (nSPS) is 17.8. The number of hydrogen-bond donors (Lipinski definition) is 6. The fraction of sp³-hybridized carbons (Fsp3) is 0.762. The lowest BCUT2D eigenvalue weighted by atomic mass is 10.1. The van der Waals surface area contributed by atoms with Crippen molar-refractivity contribution in [1.29, 1.82) is 0 Å². The van der Waals surface area contributed by atoms with Gasteiger partial charge in [0.2, 0.25) is 17.7 Å². The maximum atomic E-state index is 13.1. The summed E-state index contributed by atoms with van der Waals surface area (Å²) in [6.07, 6.45) is 6.33. The molecule has 0 aliphatic carbocycles. The standard InChI is InChI=1S/C21H39N7O5S2/c1-34-11-7-14(17(29)27-15(20(32)33)8-12-35-2)26-18(30)16-6-4-10-28(16)19(31)13(22)5-3-9-25-21(23)24/h13-16H,3-12,22H2,1-2H3,(H,26,30)(H,27,29)(H,32,33)(H4,23,24,25). The van der Waals surface area contributed by atoms with Crippen LogP contribution in [0.25, 0.3) is 0 Å². The Labute approximate surface area is 214 Å². The van der Waals surface area contributed by atoms with E-state index in [1.54, 1.807) is 0 Å². The Hall–Kier alpha value is -2.19. The third-order valence-corrected chi connectivity index (χ3v) is 6.88. The van der Waals surface area contributed by atoms with Gasteiger partial charge in [-0.05, 0) is 62.5 Å². The molecule has 0 saturated carbocycles. The van der Waals surface area contributed by atoms with Crippen LogP contribution in [0.4, 0.5) is 0 Å². The zero-order valence-corrected chi connectivity index (χ0v) is 22.0. The summed E-state index contributed by atoms with van der Waals surface area (Å²) >= 11 is 2.99. The molecule has 9 N–H and O–H groups in total.